The molecule has 102 valence electrons. The second-order valence-electron chi connectivity index (χ2n) is 4.77. The van der Waals surface area contributed by atoms with Gasteiger partial charge in [-0.15, -0.1) is 0 Å². The first-order valence-electron chi connectivity index (χ1n) is 6.29. The van der Waals surface area contributed by atoms with Crippen molar-refractivity contribution in [2.75, 3.05) is 19.8 Å². The molecule has 0 aromatic heterocycles. The van der Waals surface area contributed by atoms with Gasteiger partial charge in [-0.05, 0) is 12.8 Å². The Labute approximate surface area is 102 Å². The molecule has 4 unspecified atom stereocenters. The van der Waals surface area contributed by atoms with Crippen LogP contribution in [0.1, 0.15) is 26.7 Å². The molecule has 1 heterocycles. The molecule has 5 heteroatoms. The van der Waals surface area contributed by atoms with Crippen LogP contribution in [0.4, 0.5) is 0 Å². The summed E-state index contributed by atoms with van der Waals surface area (Å²) < 4.78 is 5.51. The highest BCUT2D eigenvalue weighted by Gasteiger charge is 2.59. The highest BCUT2D eigenvalue weighted by molar-refractivity contribution is 5.06. The van der Waals surface area contributed by atoms with Crippen LogP contribution in [-0.2, 0) is 4.74 Å². The SMILES string of the molecule is CCC(C(O)CO)C1(C(CC)C(O)CO)CO1. The average Bonchev–Trinajstić information content (AvgIpc) is 3.11. The third-order valence-electron chi connectivity index (χ3n) is 3.92. The van der Waals surface area contributed by atoms with E-state index in [1.165, 1.54) is 0 Å². The van der Waals surface area contributed by atoms with Crippen LogP contribution in [0.15, 0.2) is 0 Å². The number of hydrogen-bond acceptors (Lipinski definition) is 5. The van der Waals surface area contributed by atoms with Crippen molar-refractivity contribution in [3.8, 4) is 0 Å². The van der Waals surface area contributed by atoms with Crippen molar-refractivity contribution in [2.24, 2.45) is 11.8 Å². The van der Waals surface area contributed by atoms with Crippen molar-refractivity contribution in [3.05, 3.63) is 0 Å². The molecule has 0 spiro atoms. The molecule has 17 heavy (non-hydrogen) atoms. The van der Waals surface area contributed by atoms with Gasteiger partial charge in [0.1, 0.15) is 5.60 Å². The highest BCUT2D eigenvalue weighted by atomic mass is 16.6. The predicted molar refractivity (Wildman–Crippen MR) is 62.4 cm³/mol. The van der Waals surface area contributed by atoms with Crippen LogP contribution in [0.5, 0.6) is 0 Å². The third kappa shape index (κ3) is 2.80. The summed E-state index contributed by atoms with van der Waals surface area (Å²) in [6.07, 6.45) is -0.364. The molecule has 0 radical (unpaired) electrons. The summed E-state index contributed by atoms with van der Waals surface area (Å²) in [5.74, 6) is -0.419. The lowest BCUT2D eigenvalue weighted by atomic mass is 9.74. The quantitative estimate of drug-likeness (QED) is 0.435. The minimum absolute atomic E-state index is 0.210. The van der Waals surface area contributed by atoms with Crippen molar-refractivity contribution < 1.29 is 25.2 Å². The maximum absolute atomic E-state index is 9.82. The Kier molecular flexibility index (Phi) is 5.34. The molecule has 1 fully saturated rings. The Balaban J connectivity index is 2.84. The average molecular weight is 248 g/mol. The lowest BCUT2D eigenvalue weighted by molar-refractivity contribution is -0.0496. The molecule has 0 bridgehead atoms. The first-order chi connectivity index (χ1) is 8.07. The molecule has 1 aliphatic heterocycles. The van der Waals surface area contributed by atoms with Gasteiger partial charge in [-0.3, -0.25) is 0 Å². The van der Waals surface area contributed by atoms with Gasteiger partial charge in [-0.2, -0.15) is 0 Å². The minimum Gasteiger partial charge on any atom is -0.394 e. The van der Waals surface area contributed by atoms with Crippen LogP contribution < -0.4 is 0 Å². The van der Waals surface area contributed by atoms with E-state index >= 15 is 0 Å². The van der Waals surface area contributed by atoms with E-state index in [-0.39, 0.29) is 25.0 Å². The Morgan fingerprint density at radius 2 is 1.35 bits per heavy atom. The lowest BCUT2D eigenvalue weighted by Crippen LogP contribution is -2.46. The topological polar surface area (TPSA) is 93.5 Å². The third-order valence-corrected chi connectivity index (χ3v) is 3.92. The zero-order valence-corrected chi connectivity index (χ0v) is 10.5. The summed E-state index contributed by atoms with van der Waals surface area (Å²) in [6, 6.07) is 0. The number of rotatable bonds is 8. The maximum Gasteiger partial charge on any atom is 0.102 e. The number of ether oxygens (including phenoxy) is 1. The first-order valence-corrected chi connectivity index (χ1v) is 6.29. The molecule has 0 saturated carbocycles. The number of epoxide rings is 1. The normalized spacial score (nSPS) is 30.7. The summed E-state index contributed by atoms with van der Waals surface area (Å²) in [6.45, 7) is 3.69. The van der Waals surface area contributed by atoms with Crippen molar-refractivity contribution in [2.45, 2.75) is 44.5 Å². The van der Waals surface area contributed by atoms with E-state index in [9.17, 15) is 10.2 Å². The minimum atomic E-state index is -0.845. The predicted octanol–water partition coefficient (Wildman–Crippen LogP) is -0.486. The van der Waals surface area contributed by atoms with Gasteiger partial charge in [0.05, 0.1) is 32.0 Å². The fourth-order valence-electron chi connectivity index (χ4n) is 2.93. The van der Waals surface area contributed by atoms with E-state index in [1.54, 1.807) is 0 Å². The zero-order chi connectivity index (χ0) is 13.1. The molecule has 0 aromatic carbocycles. The van der Waals surface area contributed by atoms with E-state index in [4.69, 9.17) is 14.9 Å². The number of aliphatic hydroxyl groups excluding tert-OH is 4. The van der Waals surface area contributed by atoms with Gasteiger partial charge in [0.15, 0.2) is 0 Å². The highest BCUT2D eigenvalue weighted by Crippen LogP contribution is 2.47. The van der Waals surface area contributed by atoms with E-state index < -0.39 is 17.8 Å². The summed E-state index contributed by atoms with van der Waals surface area (Å²) >= 11 is 0. The second kappa shape index (κ2) is 6.11. The molecule has 4 N–H and O–H groups in total. The summed E-state index contributed by atoms with van der Waals surface area (Å²) in [5.41, 5.74) is -0.589. The standard InChI is InChI=1S/C12H24O5/c1-3-8(10(15)5-13)12(7-17-12)9(4-2)11(16)6-14/h8-11,13-16H,3-7H2,1-2H3. The Hall–Kier alpha value is -0.200. The molecule has 1 aliphatic rings. The Morgan fingerprint density at radius 3 is 1.53 bits per heavy atom. The molecule has 5 nitrogen and oxygen atoms in total. The maximum atomic E-state index is 9.82. The Bertz CT molecular complexity index is 209. The number of hydrogen-bond donors (Lipinski definition) is 4. The molecule has 4 atom stereocenters. The Morgan fingerprint density at radius 1 is 1.00 bits per heavy atom. The molecule has 1 saturated heterocycles. The van der Waals surface area contributed by atoms with Crippen LogP contribution in [0.3, 0.4) is 0 Å². The molecule has 0 amide bonds. The van der Waals surface area contributed by atoms with Crippen LogP contribution in [0.25, 0.3) is 0 Å². The van der Waals surface area contributed by atoms with Crippen LogP contribution >= 0.6 is 0 Å². The van der Waals surface area contributed by atoms with Crippen molar-refractivity contribution in [3.63, 3.8) is 0 Å². The largest absolute Gasteiger partial charge is 0.394 e. The van der Waals surface area contributed by atoms with Gasteiger partial charge in [0.25, 0.3) is 0 Å². The zero-order valence-electron chi connectivity index (χ0n) is 10.5. The molecule has 0 aromatic rings. The van der Waals surface area contributed by atoms with Gasteiger partial charge < -0.3 is 25.2 Å². The molecular weight excluding hydrogens is 224 g/mol. The summed E-state index contributed by atoms with van der Waals surface area (Å²) in [5, 5.41) is 37.8. The van der Waals surface area contributed by atoms with E-state index in [0.29, 0.717) is 19.4 Å². The van der Waals surface area contributed by atoms with Crippen LogP contribution in [0.2, 0.25) is 0 Å². The fourth-order valence-corrected chi connectivity index (χ4v) is 2.93. The second-order valence-corrected chi connectivity index (χ2v) is 4.77. The lowest BCUT2D eigenvalue weighted by Gasteiger charge is -2.34. The monoisotopic (exact) mass is 248 g/mol. The van der Waals surface area contributed by atoms with Gasteiger partial charge in [0.2, 0.25) is 0 Å². The summed E-state index contributed by atoms with van der Waals surface area (Å²) in [4.78, 5) is 0. The molecular formula is C12H24O5. The smallest absolute Gasteiger partial charge is 0.102 e. The van der Waals surface area contributed by atoms with Gasteiger partial charge in [-0.25, -0.2) is 0 Å². The molecule has 1 rings (SSSR count). The van der Waals surface area contributed by atoms with Gasteiger partial charge >= 0.3 is 0 Å². The van der Waals surface area contributed by atoms with E-state index in [2.05, 4.69) is 0 Å². The van der Waals surface area contributed by atoms with Crippen LogP contribution in [0, 0.1) is 11.8 Å². The van der Waals surface area contributed by atoms with Crippen LogP contribution in [-0.4, -0.2) is 58.1 Å². The fraction of sp³-hybridized carbons (Fsp3) is 1.00. The van der Waals surface area contributed by atoms with Crippen molar-refractivity contribution >= 4 is 0 Å². The van der Waals surface area contributed by atoms with Gasteiger partial charge in [0, 0.05) is 11.8 Å². The molecule has 0 aliphatic carbocycles. The summed E-state index contributed by atoms with van der Waals surface area (Å²) in [7, 11) is 0. The number of aliphatic hydroxyl groups is 4. The first kappa shape index (κ1) is 14.9. The van der Waals surface area contributed by atoms with E-state index in [1.807, 2.05) is 13.8 Å². The van der Waals surface area contributed by atoms with Crippen molar-refractivity contribution in [1.29, 1.82) is 0 Å². The van der Waals surface area contributed by atoms with E-state index in [0.717, 1.165) is 0 Å². The van der Waals surface area contributed by atoms with Crippen molar-refractivity contribution in [1.82, 2.24) is 0 Å². The van der Waals surface area contributed by atoms with Gasteiger partial charge in [-0.1, -0.05) is 13.8 Å².